The molecule has 2 rings (SSSR count). The second-order valence-electron chi connectivity index (χ2n) is 6.30. The van der Waals surface area contributed by atoms with Crippen LogP contribution in [0, 0.1) is 0 Å². The number of hydrogen-bond acceptors (Lipinski definition) is 4. The van der Waals surface area contributed by atoms with Crippen molar-refractivity contribution in [2.45, 2.75) is 46.5 Å². The fourth-order valence-corrected chi connectivity index (χ4v) is 2.84. The van der Waals surface area contributed by atoms with Crippen molar-refractivity contribution in [3.8, 4) is 5.75 Å². The molecule has 0 atom stereocenters. The number of benzene rings is 1. The largest absolute Gasteiger partial charge is 0.426 e. The topological polar surface area (TPSA) is 79.5 Å². The van der Waals surface area contributed by atoms with Crippen LogP contribution in [0.25, 0.3) is 10.9 Å². The molecule has 26 heavy (non-hydrogen) atoms. The zero-order chi connectivity index (χ0) is 19.1. The number of unbranched alkanes of at least 4 members (excludes halogenated alkanes) is 2. The molecule has 0 spiro atoms. The predicted molar refractivity (Wildman–Crippen MR) is 100 cm³/mol. The van der Waals surface area contributed by atoms with Crippen LogP contribution in [0.15, 0.2) is 24.4 Å². The Kier molecular flexibility index (Phi) is 6.95. The van der Waals surface area contributed by atoms with Crippen molar-refractivity contribution in [3.63, 3.8) is 0 Å². The number of fused-ring (bicyclic) bond motifs is 1. The Morgan fingerprint density at radius 3 is 2.31 bits per heavy atom. The van der Waals surface area contributed by atoms with Gasteiger partial charge in [-0.2, -0.15) is 0 Å². The van der Waals surface area contributed by atoms with E-state index in [1.165, 1.54) is 13.1 Å². The molecule has 1 heterocycles. The van der Waals surface area contributed by atoms with E-state index >= 15 is 0 Å². The third-order valence-electron chi connectivity index (χ3n) is 4.21. The molecular formula is C20H26N2O4. The van der Waals surface area contributed by atoms with Gasteiger partial charge in [-0.1, -0.05) is 32.8 Å². The average molecular weight is 358 g/mol. The second kappa shape index (κ2) is 9.17. The molecule has 6 heteroatoms. The summed E-state index contributed by atoms with van der Waals surface area (Å²) < 4.78 is 5.21. The van der Waals surface area contributed by atoms with Gasteiger partial charge in [-0.25, -0.2) is 0 Å². The molecule has 2 aromatic rings. The summed E-state index contributed by atoms with van der Waals surface area (Å²) in [6, 6.07) is 5.11. The van der Waals surface area contributed by atoms with E-state index in [2.05, 4.69) is 18.8 Å². The third-order valence-corrected chi connectivity index (χ3v) is 4.21. The van der Waals surface area contributed by atoms with Crippen LogP contribution in [0.4, 0.5) is 0 Å². The van der Waals surface area contributed by atoms with Crippen molar-refractivity contribution < 1.29 is 19.1 Å². The van der Waals surface area contributed by atoms with Gasteiger partial charge in [0.25, 0.3) is 11.7 Å². The van der Waals surface area contributed by atoms with E-state index in [0.29, 0.717) is 24.0 Å². The van der Waals surface area contributed by atoms with Gasteiger partial charge in [-0.05, 0) is 25.0 Å². The number of H-pyrrole nitrogens is 1. The first-order valence-corrected chi connectivity index (χ1v) is 9.11. The molecule has 1 aromatic heterocycles. The molecule has 1 aromatic carbocycles. The number of carbonyl (C=O) groups is 3. The number of amides is 1. The number of nitrogens with one attached hydrogen (secondary N) is 1. The van der Waals surface area contributed by atoms with Crippen LogP contribution < -0.4 is 4.74 Å². The lowest BCUT2D eigenvalue weighted by Crippen LogP contribution is -2.38. The Morgan fingerprint density at radius 1 is 1.08 bits per heavy atom. The number of nitrogens with zero attached hydrogens (tertiary/aromatic N) is 1. The predicted octanol–water partition coefficient (Wildman–Crippen LogP) is 3.70. The van der Waals surface area contributed by atoms with Gasteiger partial charge in [0.15, 0.2) is 0 Å². The van der Waals surface area contributed by atoms with Gasteiger partial charge >= 0.3 is 5.97 Å². The van der Waals surface area contributed by atoms with Crippen LogP contribution in [0.1, 0.15) is 56.8 Å². The van der Waals surface area contributed by atoms with Crippen molar-refractivity contribution in [2.75, 3.05) is 13.1 Å². The van der Waals surface area contributed by atoms with Crippen LogP contribution in [-0.4, -0.2) is 40.6 Å². The maximum absolute atomic E-state index is 12.9. The summed E-state index contributed by atoms with van der Waals surface area (Å²) in [7, 11) is 0. The number of carbonyl (C=O) groups excluding carboxylic acids is 3. The summed E-state index contributed by atoms with van der Waals surface area (Å²) in [4.78, 5) is 41.6. The highest BCUT2D eigenvalue weighted by molar-refractivity contribution is 6.45. The van der Waals surface area contributed by atoms with Crippen molar-refractivity contribution in [2.24, 2.45) is 0 Å². The maximum Gasteiger partial charge on any atom is 0.308 e. The molecule has 140 valence electrons. The lowest BCUT2D eigenvalue weighted by atomic mass is 10.1. The Labute approximate surface area is 153 Å². The van der Waals surface area contributed by atoms with Crippen LogP contribution in [0.3, 0.4) is 0 Å². The summed E-state index contributed by atoms with van der Waals surface area (Å²) in [5.41, 5.74) is 0.883. The number of hydrogen-bond donors (Lipinski definition) is 1. The molecule has 0 saturated carbocycles. The fourth-order valence-electron chi connectivity index (χ4n) is 2.84. The van der Waals surface area contributed by atoms with Crippen molar-refractivity contribution in [1.29, 1.82) is 0 Å². The summed E-state index contributed by atoms with van der Waals surface area (Å²) in [5, 5.41) is 0.465. The first kappa shape index (κ1) is 19.7. The molecule has 0 unspecified atom stereocenters. The minimum Gasteiger partial charge on any atom is -0.426 e. The average Bonchev–Trinajstić information content (AvgIpc) is 3.05. The van der Waals surface area contributed by atoms with Gasteiger partial charge in [-0.15, -0.1) is 0 Å². The SMILES string of the molecule is CCCCN(CCCC)C(=O)C(=O)c1c[nH]c2cccc(OC(C)=O)c12. The second-order valence-corrected chi connectivity index (χ2v) is 6.30. The van der Waals surface area contributed by atoms with Crippen molar-refractivity contribution in [3.05, 3.63) is 30.0 Å². The Hall–Kier alpha value is -2.63. The molecular weight excluding hydrogens is 332 g/mol. The number of ketones is 1. The monoisotopic (exact) mass is 358 g/mol. The minimum absolute atomic E-state index is 0.236. The van der Waals surface area contributed by atoms with Crippen molar-refractivity contribution in [1.82, 2.24) is 9.88 Å². The number of aromatic nitrogens is 1. The van der Waals surface area contributed by atoms with Gasteiger partial charge < -0.3 is 14.6 Å². The molecule has 1 N–H and O–H groups in total. The van der Waals surface area contributed by atoms with E-state index in [4.69, 9.17) is 4.74 Å². The van der Waals surface area contributed by atoms with Gasteiger partial charge in [-0.3, -0.25) is 14.4 Å². The Bertz CT molecular complexity index is 786. The lowest BCUT2D eigenvalue weighted by Gasteiger charge is -2.21. The molecule has 0 radical (unpaired) electrons. The van der Waals surface area contributed by atoms with Crippen molar-refractivity contribution >= 4 is 28.6 Å². The number of rotatable bonds is 9. The molecule has 0 aliphatic rings. The Balaban J connectivity index is 2.35. The minimum atomic E-state index is -0.581. The molecule has 1 amide bonds. The summed E-state index contributed by atoms with van der Waals surface area (Å²) in [6.45, 7) is 6.54. The molecule has 0 aliphatic carbocycles. The Morgan fingerprint density at radius 2 is 1.73 bits per heavy atom. The molecule has 0 fully saturated rings. The van der Waals surface area contributed by atoms with E-state index in [-0.39, 0.29) is 11.3 Å². The van der Waals surface area contributed by atoms with Gasteiger partial charge in [0.05, 0.1) is 10.9 Å². The fraction of sp³-hybridized carbons (Fsp3) is 0.450. The highest BCUT2D eigenvalue weighted by Gasteiger charge is 2.26. The zero-order valence-electron chi connectivity index (χ0n) is 15.6. The molecule has 0 bridgehead atoms. The number of aromatic amines is 1. The third kappa shape index (κ3) is 4.50. The summed E-state index contributed by atoms with van der Waals surface area (Å²) in [6.07, 6.45) is 5.13. The molecule has 0 aliphatic heterocycles. The van der Waals surface area contributed by atoms with E-state index in [9.17, 15) is 14.4 Å². The first-order chi connectivity index (χ1) is 12.5. The number of esters is 1. The first-order valence-electron chi connectivity index (χ1n) is 9.11. The summed E-state index contributed by atoms with van der Waals surface area (Å²) in [5.74, 6) is -1.29. The van der Waals surface area contributed by atoms with Crippen LogP contribution >= 0.6 is 0 Å². The van der Waals surface area contributed by atoms with Crippen LogP contribution in [0.5, 0.6) is 5.75 Å². The van der Waals surface area contributed by atoms with Crippen LogP contribution in [0.2, 0.25) is 0 Å². The van der Waals surface area contributed by atoms with E-state index in [1.807, 2.05) is 0 Å². The zero-order valence-corrected chi connectivity index (χ0v) is 15.6. The molecule has 0 saturated heterocycles. The maximum atomic E-state index is 12.9. The molecule has 6 nitrogen and oxygen atoms in total. The smallest absolute Gasteiger partial charge is 0.308 e. The number of Topliss-reactive ketones (excluding diaryl/α,β-unsaturated/α-hetero) is 1. The van der Waals surface area contributed by atoms with Gasteiger partial charge in [0.1, 0.15) is 5.75 Å². The van der Waals surface area contributed by atoms with E-state index in [0.717, 1.165) is 25.7 Å². The standard InChI is InChI=1S/C20H26N2O4/c1-4-6-11-22(12-7-5-2)20(25)19(24)15-13-21-16-9-8-10-17(18(15)16)26-14(3)23/h8-10,13,21H,4-7,11-12H2,1-3H3. The highest BCUT2D eigenvalue weighted by atomic mass is 16.5. The van der Waals surface area contributed by atoms with E-state index < -0.39 is 17.7 Å². The van der Waals surface area contributed by atoms with Gasteiger partial charge in [0.2, 0.25) is 0 Å². The summed E-state index contributed by atoms with van der Waals surface area (Å²) >= 11 is 0. The van der Waals surface area contributed by atoms with Crippen LogP contribution in [-0.2, 0) is 9.59 Å². The van der Waals surface area contributed by atoms with E-state index in [1.54, 1.807) is 23.1 Å². The number of ether oxygens (including phenoxy) is 1. The lowest BCUT2D eigenvalue weighted by molar-refractivity contribution is -0.131. The quantitative estimate of drug-likeness (QED) is 0.321. The van der Waals surface area contributed by atoms with Gasteiger partial charge in [0, 0.05) is 31.7 Å². The normalized spacial score (nSPS) is 10.7. The highest BCUT2D eigenvalue weighted by Crippen LogP contribution is 2.29.